The summed E-state index contributed by atoms with van der Waals surface area (Å²) in [6.07, 6.45) is 0.912. The molecule has 1 amide bonds. The number of nitrogens with zero attached hydrogens (tertiary/aromatic N) is 1. The van der Waals surface area contributed by atoms with Crippen LogP contribution in [0.2, 0.25) is 0 Å². The molecule has 0 spiro atoms. The number of amides is 1. The van der Waals surface area contributed by atoms with Crippen molar-refractivity contribution in [1.82, 2.24) is 4.90 Å². The van der Waals surface area contributed by atoms with Gasteiger partial charge in [-0.25, -0.2) is 0 Å². The van der Waals surface area contributed by atoms with Crippen molar-refractivity contribution in [2.24, 2.45) is 11.1 Å². The Hall–Kier alpha value is -0.570. The summed E-state index contributed by atoms with van der Waals surface area (Å²) >= 11 is 0. The van der Waals surface area contributed by atoms with Gasteiger partial charge in [-0.15, -0.1) is 0 Å². The van der Waals surface area contributed by atoms with Crippen molar-refractivity contribution in [3.63, 3.8) is 0 Å². The normalized spacial score (nSPS) is 30.7. The topological polar surface area (TPSA) is 46.3 Å². The minimum Gasteiger partial charge on any atom is -0.345 e. The van der Waals surface area contributed by atoms with Crippen LogP contribution in [0.3, 0.4) is 0 Å². The molecule has 1 fully saturated rings. The number of hydrogen-bond donors (Lipinski definition) is 1. The zero-order chi connectivity index (χ0) is 8.65. The Bertz CT molecular complexity index is 177. The minimum absolute atomic E-state index is 0.0196. The molecule has 0 aromatic rings. The summed E-state index contributed by atoms with van der Waals surface area (Å²) in [5, 5.41) is 0. The molecule has 0 radical (unpaired) electrons. The first-order chi connectivity index (χ1) is 4.96. The molecule has 0 aromatic heterocycles. The molecule has 64 valence electrons. The second-order valence-electron chi connectivity index (χ2n) is 3.84. The molecule has 2 N–H and O–H groups in total. The maximum atomic E-state index is 11.5. The molecule has 1 rings (SSSR count). The van der Waals surface area contributed by atoms with E-state index in [-0.39, 0.29) is 17.4 Å². The predicted molar refractivity (Wildman–Crippen MR) is 44.0 cm³/mol. The fraction of sp³-hybridized carbons (Fsp3) is 0.875. The van der Waals surface area contributed by atoms with Crippen LogP contribution in [-0.4, -0.2) is 30.4 Å². The maximum Gasteiger partial charge on any atom is 0.229 e. The van der Waals surface area contributed by atoms with Crippen molar-refractivity contribution in [3.05, 3.63) is 0 Å². The summed E-state index contributed by atoms with van der Waals surface area (Å²) in [6.45, 7) is 4.62. The molecule has 0 aromatic carbocycles. The van der Waals surface area contributed by atoms with Crippen LogP contribution < -0.4 is 5.73 Å². The van der Waals surface area contributed by atoms with Crippen molar-refractivity contribution in [1.29, 1.82) is 0 Å². The molecule has 3 heteroatoms. The fourth-order valence-corrected chi connectivity index (χ4v) is 1.45. The largest absolute Gasteiger partial charge is 0.345 e. The van der Waals surface area contributed by atoms with E-state index < -0.39 is 0 Å². The second kappa shape index (κ2) is 2.48. The van der Waals surface area contributed by atoms with E-state index in [1.807, 2.05) is 20.9 Å². The third-order valence-electron chi connectivity index (χ3n) is 2.60. The summed E-state index contributed by atoms with van der Waals surface area (Å²) in [5.41, 5.74) is 5.45. The van der Waals surface area contributed by atoms with Gasteiger partial charge in [-0.2, -0.15) is 0 Å². The molecule has 11 heavy (non-hydrogen) atoms. The first kappa shape index (κ1) is 8.53. The number of carbonyl (C=O) groups excluding carboxylic acids is 1. The van der Waals surface area contributed by atoms with Crippen LogP contribution in [0.15, 0.2) is 0 Å². The Kier molecular flexibility index (Phi) is 1.92. The van der Waals surface area contributed by atoms with Gasteiger partial charge >= 0.3 is 0 Å². The zero-order valence-corrected chi connectivity index (χ0v) is 7.42. The van der Waals surface area contributed by atoms with Gasteiger partial charge in [0, 0.05) is 19.6 Å². The van der Waals surface area contributed by atoms with Gasteiger partial charge in [0.1, 0.15) is 0 Å². The summed E-state index contributed by atoms with van der Waals surface area (Å²) in [4.78, 5) is 13.3. The maximum absolute atomic E-state index is 11.5. The molecule has 1 atom stereocenters. The third kappa shape index (κ3) is 1.25. The Morgan fingerprint density at radius 2 is 2.18 bits per heavy atom. The smallest absolute Gasteiger partial charge is 0.229 e. The van der Waals surface area contributed by atoms with Crippen LogP contribution in [0.1, 0.15) is 20.3 Å². The Morgan fingerprint density at radius 3 is 2.64 bits per heavy atom. The SMILES string of the molecule is CN1CCC(N)C(C)(C)C1=O. The lowest BCUT2D eigenvalue weighted by Gasteiger charge is -2.39. The van der Waals surface area contributed by atoms with E-state index in [1.54, 1.807) is 4.90 Å². The first-order valence-electron chi connectivity index (χ1n) is 3.97. The summed E-state index contributed by atoms with van der Waals surface area (Å²) < 4.78 is 0. The van der Waals surface area contributed by atoms with E-state index in [0.29, 0.717) is 0 Å². The number of rotatable bonds is 0. The number of hydrogen-bond acceptors (Lipinski definition) is 2. The molecular weight excluding hydrogens is 140 g/mol. The van der Waals surface area contributed by atoms with E-state index in [4.69, 9.17) is 5.73 Å². The van der Waals surface area contributed by atoms with E-state index in [1.165, 1.54) is 0 Å². The van der Waals surface area contributed by atoms with Crippen molar-refractivity contribution in [3.8, 4) is 0 Å². The van der Waals surface area contributed by atoms with Crippen LogP contribution in [-0.2, 0) is 4.79 Å². The molecule has 1 saturated heterocycles. The molecule has 1 heterocycles. The lowest BCUT2D eigenvalue weighted by Crippen LogP contribution is -2.55. The number of piperidine rings is 1. The molecule has 3 nitrogen and oxygen atoms in total. The van der Waals surface area contributed by atoms with Crippen molar-refractivity contribution >= 4 is 5.91 Å². The summed E-state index contributed by atoms with van der Waals surface area (Å²) in [7, 11) is 1.83. The van der Waals surface area contributed by atoms with Gasteiger partial charge in [0.15, 0.2) is 0 Å². The second-order valence-corrected chi connectivity index (χ2v) is 3.84. The van der Waals surface area contributed by atoms with E-state index >= 15 is 0 Å². The van der Waals surface area contributed by atoms with Gasteiger partial charge in [0.25, 0.3) is 0 Å². The molecule has 0 saturated carbocycles. The highest BCUT2D eigenvalue weighted by Crippen LogP contribution is 2.27. The molecule has 0 aliphatic carbocycles. The minimum atomic E-state index is -0.368. The molecule has 0 bridgehead atoms. The van der Waals surface area contributed by atoms with Gasteiger partial charge in [-0.1, -0.05) is 0 Å². The Balaban J connectivity index is 2.81. The summed E-state index contributed by atoms with van der Waals surface area (Å²) in [6, 6.07) is 0.0196. The van der Waals surface area contributed by atoms with Gasteiger partial charge in [-0.3, -0.25) is 4.79 Å². The highest BCUT2D eigenvalue weighted by atomic mass is 16.2. The van der Waals surface area contributed by atoms with Gasteiger partial charge in [0.05, 0.1) is 5.41 Å². The molecule has 1 aliphatic rings. The molecule has 1 unspecified atom stereocenters. The highest BCUT2D eigenvalue weighted by molar-refractivity contribution is 5.83. The van der Waals surface area contributed by atoms with Crippen molar-refractivity contribution in [2.45, 2.75) is 26.3 Å². The Morgan fingerprint density at radius 1 is 1.64 bits per heavy atom. The average Bonchev–Trinajstić information content (AvgIpc) is 1.95. The zero-order valence-electron chi connectivity index (χ0n) is 7.42. The van der Waals surface area contributed by atoms with Gasteiger partial charge < -0.3 is 10.6 Å². The van der Waals surface area contributed by atoms with E-state index in [0.717, 1.165) is 13.0 Å². The van der Waals surface area contributed by atoms with Crippen molar-refractivity contribution < 1.29 is 4.79 Å². The highest BCUT2D eigenvalue weighted by Gasteiger charge is 2.39. The quantitative estimate of drug-likeness (QED) is 0.544. The fourth-order valence-electron chi connectivity index (χ4n) is 1.45. The molecule has 1 aliphatic heterocycles. The standard InChI is InChI=1S/C8H16N2O/c1-8(2)6(9)4-5-10(3)7(8)11/h6H,4-5,9H2,1-3H3. The Labute approximate surface area is 67.5 Å². The predicted octanol–water partition coefficient (Wildman–Crippen LogP) is 0.202. The first-order valence-corrected chi connectivity index (χ1v) is 3.97. The van der Waals surface area contributed by atoms with Gasteiger partial charge in [-0.05, 0) is 20.3 Å². The summed E-state index contributed by atoms with van der Waals surface area (Å²) in [5.74, 6) is 0.163. The number of likely N-dealkylation sites (tertiary alicyclic amines) is 1. The monoisotopic (exact) mass is 156 g/mol. The van der Waals surface area contributed by atoms with E-state index in [9.17, 15) is 4.79 Å². The average molecular weight is 156 g/mol. The van der Waals surface area contributed by atoms with Gasteiger partial charge in [0.2, 0.25) is 5.91 Å². The van der Waals surface area contributed by atoms with E-state index in [2.05, 4.69) is 0 Å². The van der Waals surface area contributed by atoms with Crippen LogP contribution in [0.25, 0.3) is 0 Å². The number of carbonyl (C=O) groups is 1. The lowest BCUT2D eigenvalue weighted by molar-refractivity contribution is -0.143. The lowest BCUT2D eigenvalue weighted by atomic mass is 9.79. The molecular formula is C8H16N2O. The van der Waals surface area contributed by atoms with Crippen LogP contribution >= 0.6 is 0 Å². The third-order valence-corrected chi connectivity index (χ3v) is 2.60. The number of nitrogens with two attached hydrogens (primary N) is 1. The van der Waals surface area contributed by atoms with Crippen LogP contribution in [0.4, 0.5) is 0 Å². The van der Waals surface area contributed by atoms with Crippen LogP contribution in [0.5, 0.6) is 0 Å². The van der Waals surface area contributed by atoms with Crippen molar-refractivity contribution in [2.75, 3.05) is 13.6 Å². The van der Waals surface area contributed by atoms with Crippen LogP contribution in [0, 0.1) is 5.41 Å².